The Hall–Kier alpha value is -1.45. The van der Waals surface area contributed by atoms with Gasteiger partial charge < -0.3 is 10.5 Å². The maximum absolute atomic E-state index is 13.3. The first kappa shape index (κ1) is 13.0. The highest BCUT2D eigenvalue weighted by Gasteiger charge is 2.10. The lowest BCUT2D eigenvalue weighted by molar-refractivity contribution is 0.482. The minimum atomic E-state index is -0.378. The van der Waals surface area contributed by atoms with Crippen molar-refractivity contribution in [2.75, 3.05) is 5.73 Å². The number of hydrogen-bond donors (Lipinski definition) is 1. The number of aryl methyl sites for hydroxylation is 1. The van der Waals surface area contributed by atoms with Crippen molar-refractivity contribution >= 4 is 28.9 Å². The summed E-state index contributed by atoms with van der Waals surface area (Å²) in [6.45, 7) is 1.63. The number of nitrogens with two attached hydrogens (primary N) is 1. The van der Waals surface area contributed by atoms with E-state index in [9.17, 15) is 4.39 Å². The van der Waals surface area contributed by atoms with Gasteiger partial charge in [-0.15, -0.1) is 0 Å². The van der Waals surface area contributed by atoms with Crippen molar-refractivity contribution in [3.63, 3.8) is 0 Å². The Morgan fingerprint density at radius 1 is 1.17 bits per heavy atom. The molecule has 5 heteroatoms. The molecule has 0 unspecified atom stereocenters. The zero-order valence-electron chi connectivity index (χ0n) is 9.51. The molecule has 0 heterocycles. The standard InChI is InChI=1S/C13H10Cl2FNO/c1-7-5-12(10(17)6-9(7)16)18-11-4-2-3-8(14)13(11)15/h2-6H,17H2,1H3. The van der Waals surface area contributed by atoms with Crippen LogP contribution in [0.5, 0.6) is 11.5 Å². The lowest BCUT2D eigenvalue weighted by Gasteiger charge is -2.11. The molecule has 0 atom stereocenters. The van der Waals surface area contributed by atoms with E-state index in [1.807, 2.05) is 0 Å². The van der Waals surface area contributed by atoms with Crippen LogP contribution < -0.4 is 10.5 Å². The molecule has 0 saturated carbocycles. The second-order valence-corrected chi connectivity index (χ2v) is 4.58. The molecule has 0 fully saturated rings. The molecule has 0 aromatic heterocycles. The minimum Gasteiger partial charge on any atom is -0.454 e. The summed E-state index contributed by atoms with van der Waals surface area (Å²) in [7, 11) is 0. The molecule has 0 aliphatic heterocycles. The van der Waals surface area contributed by atoms with Crippen LogP contribution in [0.3, 0.4) is 0 Å². The van der Waals surface area contributed by atoms with Crippen LogP contribution in [-0.2, 0) is 0 Å². The second-order valence-electron chi connectivity index (χ2n) is 3.79. The first-order chi connectivity index (χ1) is 8.49. The van der Waals surface area contributed by atoms with Gasteiger partial charge in [-0.05, 0) is 30.7 Å². The Morgan fingerprint density at radius 3 is 2.61 bits per heavy atom. The van der Waals surface area contributed by atoms with Crippen LogP contribution >= 0.6 is 23.2 Å². The van der Waals surface area contributed by atoms with Gasteiger partial charge in [0.1, 0.15) is 16.6 Å². The van der Waals surface area contributed by atoms with Crippen LogP contribution in [0.15, 0.2) is 30.3 Å². The number of ether oxygens (including phenoxy) is 1. The Kier molecular flexibility index (Phi) is 3.64. The summed E-state index contributed by atoms with van der Waals surface area (Å²) in [4.78, 5) is 0. The fraction of sp³-hybridized carbons (Fsp3) is 0.0769. The van der Waals surface area contributed by atoms with Crippen molar-refractivity contribution < 1.29 is 9.13 Å². The average molecular weight is 286 g/mol. The lowest BCUT2D eigenvalue weighted by atomic mass is 10.2. The zero-order chi connectivity index (χ0) is 13.3. The van der Waals surface area contributed by atoms with E-state index < -0.39 is 0 Å². The largest absolute Gasteiger partial charge is 0.454 e. The predicted molar refractivity (Wildman–Crippen MR) is 72.1 cm³/mol. The number of halogens is 3. The molecule has 2 rings (SSSR count). The van der Waals surface area contributed by atoms with Crippen molar-refractivity contribution in [3.8, 4) is 11.5 Å². The molecule has 2 aromatic carbocycles. The quantitative estimate of drug-likeness (QED) is 0.803. The zero-order valence-corrected chi connectivity index (χ0v) is 11.0. The normalized spacial score (nSPS) is 10.4. The Labute approximate surface area is 114 Å². The van der Waals surface area contributed by atoms with Crippen molar-refractivity contribution in [3.05, 3.63) is 51.8 Å². The van der Waals surface area contributed by atoms with Crippen molar-refractivity contribution in [1.82, 2.24) is 0 Å². The summed E-state index contributed by atoms with van der Waals surface area (Å²) in [6.07, 6.45) is 0. The first-order valence-corrected chi connectivity index (χ1v) is 5.92. The van der Waals surface area contributed by atoms with Gasteiger partial charge in [-0.3, -0.25) is 0 Å². The maximum atomic E-state index is 13.3. The molecule has 0 aliphatic carbocycles. The molecule has 2 aromatic rings. The molecule has 2 N–H and O–H groups in total. The van der Waals surface area contributed by atoms with E-state index in [0.29, 0.717) is 27.1 Å². The van der Waals surface area contributed by atoms with Gasteiger partial charge in [-0.1, -0.05) is 29.3 Å². The smallest absolute Gasteiger partial charge is 0.150 e. The first-order valence-electron chi connectivity index (χ1n) is 5.16. The summed E-state index contributed by atoms with van der Waals surface area (Å²) in [6, 6.07) is 7.74. The number of nitrogen functional groups attached to an aromatic ring is 1. The third-order valence-electron chi connectivity index (χ3n) is 2.43. The van der Waals surface area contributed by atoms with Gasteiger partial charge in [0.2, 0.25) is 0 Å². The van der Waals surface area contributed by atoms with Crippen molar-refractivity contribution in [1.29, 1.82) is 0 Å². The number of hydrogen-bond acceptors (Lipinski definition) is 2. The van der Waals surface area contributed by atoms with Crippen molar-refractivity contribution in [2.45, 2.75) is 6.92 Å². The van der Waals surface area contributed by atoms with Crippen molar-refractivity contribution in [2.24, 2.45) is 0 Å². The molecule has 0 saturated heterocycles. The van der Waals surface area contributed by atoms with Gasteiger partial charge in [-0.2, -0.15) is 0 Å². The third-order valence-corrected chi connectivity index (χ3v) is 3.23. The Balaban J connectivity index is 2.40. The molecule has 18 heavy (non-hydrogen) atoms. The van der Waals surface area contributed by atoms with E-state index in [1.54, 1.807) is 25.1 Å². The third kappa shape index (κ3) is 2.52. The number of benzene rings is 2. The van der Waals surface area contributed by atoms with E-state index in [2.05, 4.69) is 0 Å². The van der Waals surface area contributed by atoms with E-state index in [0.717, 1.165) is 0 Å². The monoisotopic (exact) mass is 285 g/mol. The molecule has 0 radical (unpaired) electrons. The molecule has 0 spiro atoms. The van der Waals surface area contributed by atoms with Gasteiger partial charge >= 0.3 is 0 Å². The molecule has 0 bridgehead atoms. The van der Waals surface area contributed by atoms with Crippen LogP contribution in [0, 0.1) is 12.7 Å². The fourth-order valence-corrected chi connectivity index (χ4v) is 1.77. The number of anilines is 1. The van der Waals surface area contributed by atoms with E-state index in [-0.39, 0.29) is 11.5 Å². The highest BCUT2D eigenvalue weighted by atomic mass is 35.5. The van der Waals surface area contributed by atoms with Gasteiger partial charge in [-0.25, -0.2) is 4.39 Å². The average Bonchev–Trinajstić information content (AvgIpc) is 2.32. The Morgan fingerprint density at radius 2 is 1.89 bits per heavy atom. The SMILES string of the molecule is Cc1cc(Oc2cccc(Cl)c2Cl)c(N)cc1F. The van der Waals surface area contributed by atoms with Crippen LogP contribution in [-0.4, -0.2) is 0 Å². The predicted octanol–water partition coefficient (Wildman–Crippen LogP) is 4.82. The van der Waals surface area contributed by atoms with Crippen LogP contribution in [0.25, 0.3) is 0 Å². The van der Waals surface area contributed by atoms with Gasteiger partial charge in [0.25, 0.3) is 0 Å². The van der Waals surface area contributed by atoms with E-state index in [4.69, 9.17) is 33.7 Å². The molecule has 2 nitrogen and oxygen atoms in total. The van der Waals surface area contributed by atoms with E-state index >= 15 is 0 Å². The van der Waals surface area contributed by atoms with Crippen LogP contribution in [0.4, 0.5) is 10.1 Å². The van der Waals surface area contributed by atoms with Crippen LogP contribution in [0.2, 0.25) is 10.0 Å². The summed E-state index contributed by atoms with van der Waals surface area (Å²) >= 11 is 11.9. The maximum Gasteiger partial charge on any atom is 0.150 e. The number of rotatable bonds is 2. The fourth-order valence-electron chi connectivity index (χ4n) is 1.44. The summed E-state index contributed by atoms with van der Waals surface area (Å²) in [5.74, 6) is 0.344. The molecule has 0 amide bonds. The Bertz CT molecular complexity index is 602. The van der Waals surface area contributed by atoms with E-state index in [1.165, 1.54) is 12.1 Å². The molecule has 94 valence electrons. The summed E-state index contributed by atoms with van der Waals surface area (Å²) in [5, 5.41) is 0.673. The summed E-state index contributed by atoms with van der Waals surface area (Å²) < 4.78 is 18.8. The molecular weight excluding hydrogens is 276 g/mol. The minimum absolute atomic E-state index is 0.203. The van der Waals surface area contributed by atoms with Gasteiger partial charge in [0, 0.05) is 6.07 Å². The second kappa shape index (κ2) is 5.04. The highest BCUT2D eigenvalue weighted by molar-refractivity contribution is 6.42. The lowest BCUT2D eigenvalue weighted by Crippen LogP contribution is -1.95. The highest BCUT2D eigenvalue weighted by Crippen LogP contribution is 2.37. The summed E-state index contributed by atoms with van der Waals surface area (Å²) in [5.41, 5.74) is 6.33. The topological polar surface area (TPSA) is 35.2 Å². The van der Waals surface area contributed by atoms with Gasteiger partial charge in [0.05, 0.1) is 10.7 Å². The van der Waals surface area contributed by atoms with Gasteiger partial charge in [0.15, 0.2) is 5.75 Å². The van der Waals surface area contributed by atoms with Crippen LogP contribution in [0.1, 0.15) is 5.56 Å². The molecular formula is C13H10Cl2FNO. The molecule has 0 aliphatic rings.